The highest BCUT2D eigenvalue weighted by molar-refractivity contribution is 7.19. The summed E-state index contributed by atoms with van der Waals surface area (Å²) in [4.78, 5) is 28.9. The van der Waals surface area contributed by atoms with Crippen LogP contribution in [0.15, 0.2) is 30.6 Å². The summed E-state index contributed by atoms with van der Waals surface area (Å²) < 4.78 is 0. The fourth-order valence-electron chi connectivity index (χ4n) is 3.34. The lowest BCUT2D eigenvalue weighted by Crippen LogP contribution is -2.33. The summed E-state index contributed by atoms with van der Waals surface area (Å²) in [6.07, 6.45) is 4.35. The number of hydrogen-bond acceptors (Lipinski definition) is 6. The molecule has 134 valence electrons. The summed E-state index contributed by atoms with van der Waals surface area (Å²) in [5.41, 5.74) is 3.16. The largest absolute Gasteiger partial charge is 0.347 e. The van der Waals surface area contributed by atoms with Gasteiger partial charge in [-0.05, 0) is 30.9 Å². The molecule has 0 unspecified atom stereocenters. The molecule has 4 rings (SSSR count). The smallest absolute Gasteiger partial charge is 0.280 e. The average molecular weight is 367 g/mol. The molecule has 2 aromatic heterocycles. The molecule has 0 atom stereocenters. The van der Waals surface area contributed by atoms with E-state index in [-0.39, 0.29) is 11.9 Å². The van der Waals surface area contributed by atoms with Crippen molar-refractivity contribution in [3.63, 3.8) is 0 Å². The van der Waals surface area contributed by atoms with Crippen molar-refractivity contribution in [1.82, 2.24) is 20.3 Å². The van der Waals surface area contributed by atoms with Crippen LogP contribution in [0.2, 0.25) is 0 Å². The van der Waals surface area contributed by atoms with Crippen LogP contribution < -0.4 is 10.2 Å². The van der Waals surface area contributed by atoms with Gasteiger partial charge in [-0.3, -0.25) is 4.79 Å². The van der Waals surface area contributed by atoms with Crippen molar-refractivity contribution in [2.75, 3.05) is 11.4 Å². The second kappa shape index (κ2) is 6.99. The molecule has 7 heteroatoms. The van der Waals surface area contributed by atoms with Crippen LogP contribution in [0.25, 0.3) is 10.3 Å². The fraction of sp³-hybridized carbons (Fsp3) is 0.368. The Labute approximate surface area is 156 Å². The number of benzene rings is 1. The number of carbonyl (C=O) groups excluding carboxylic acids is 1. The zero-order valence-corrected chi connectivity index (χ0v) is 15.7. The van der Waals surface area contributed by atoms with E-state index in [0.717, 1.165) is 42.1 Å². The third-order valence-corrected chi connectivity index (χ3v) is 5.80. The van der Waals surface area contributed by atoms with E-state index < -0.39 is 0 Å². The van der Waals surface area contributed by atoms with Crippen molar-refractivity contribution in [1.29, 1.82) is 0 Å². The van der Waals surface area contributed by atoms with E-state index in [9.17, 15) is 4.79 Å². The number of nitrogens with zero attached hydrogens (tertiary/aromatic N) is 4. The Hall–Kier alpha value is -2.54. The predicted octanol–water partition coefficient (Wildman–Crippen LogP) is 3.70. The van der Waals surface area contributed by atoms with Crippen LogP contribution in [0.4, 0.5) is 11.5 Å². The molecule has 1 aromatic carbocycles. The second-order valence-electron chi connectivity index (χ2n) is 6.39. The molecule has 1 N–H and O–H groups in total. The first-order chi connectivity index (χ1) is 12.7. The molecule has 1 aliphatic heterocycles. The highest BCUT2D eigenvalue weighted by atomic mass is 32.1. The van der Waals surface area contributed by atoms with Crippen molar-refractivity contribution in [3.05, 3.63) is 41.2 Å². The van der Waals surface area contributed by atoms with E-state index in [4.69, 9.17) is 0 Å². The number of rotatable bonds is 5. The van der Waals surface area contributed by atoms with Gasteiger partial charge in [0.15, 0.2) is 10.8 Å². The lowest BCUT2D eigenvalue weighted by molar-refractivity contribution is 0.0934. The quantitative estimate of drug-likeness (QED) is 0.744. The molecule has 0 bridgehead atoms. The van der Waals surface area contributed by atoms with E-state index in [1.165, 1.54) is 16.9 Å². The van der Waals surface area contributed by atoms with E-state index in [0.29, 0.717) is 10.5 Å². The van der Waals surface area contributed by atoms with Crippen LogP contribution in [0, 0.1) is 0 Å². The van der Waals surface area contributed by atoms with Gasteiger partial charge in [0.25, 0.3) is 5.91 Å². The van der Waals surface area contributed by atoms with E-state index >= 15 is 0 Å². The molecule has 0 radical (unpaired) electrons. The maximum atomic E-state index is 12.5. The average Bonchev–Trinajstić information content (AvgIpc) is 3.30. The summed E-state index contributed by atoms with van der Waals surface area (Å²) in [6, 6.07) is 8.50. The second-order valence-corrected chi connectivity index (χ2v) is 7.36. The first-order valence-electron chi connectivity index (χ1n) is 8.99. The predicted molar refractivity (Wildman–Crippen MR) is 104 cm³/mol. The summed E-state index contributed by atoms with van der Waals surface area (Å²) in [6.45, 7) is 5.00. The molecule has 0 spiro atoms. The van der Waals surface area contributed by atoms with Crippen molar-refractivity contribution in [2.24, 2.45) is 0 Å². The number of fused-ring (bicyclic) bond motifs is 2. The fourth-order valence-corrected chi connectivity index (χ4v) is 4.14. The monoisotopic (exact) mass is 367 g/mol. The molecule has 0 saturated heterocycles. The van der Waals surface area contributed by atoms with Gasteiger partial charge in [-0.15, -0.1) is 0 Å². The Kier molecular flexibility index (Phi) is 4.55. The molecule has 3 aromatic rings. The van der Waals surface area contributed by atoms with Crippen LogP contribution in [-0.2, 0) is 6.42 Å². The Morgan fingerprint density at radius 1 is 1.27 bits per heavy atom. The van der Waals surface area contributed by atoms with Crippen molar-refractivity contribution >= 4 is 39.1 Å². The molecular weight excluding hydrogens is 346 g/mol. The first-order valence-corrected chi connectivity index (χ1v) is 9.80. The van der Waals surface area contributed by atoms with E-state index in [1.807, 2.05) is 6.07 Å². The topological polar surface area (TPSA) is 71.0 Å². The minimum atomic E-state index is -0.130. The maximum absolute atomic E-state index is 12.5. The van der Waals surface area contributed by atoms with Gasteiger partial charge in [0.1, 0.15) is 16.7 Å². The highest BCUT2D eigenvalue weighted by Crippen LogP contribution is 2.37. The van der Waals surface area contributed by atoms with Crippen LogP contribution in [0.1, 0.15) is 42.1 Å². The van der Waals surface area contributed by atoms with E-state index in [1.54, 1.807) is 6.33 Å². The number of thiazole rings is 1. The van der Waals surface area contributed by atoms with Gasteiger partial charge < -0.3 is 10.2 Å². The minimum Gasteiger partial charge on any atom is -0.347 e. The molecule has 0 fully saturated rings. The molecule has 6 nitrogen and oxygen atoms in total. The number of para-hydroxylation sites is 1. The summed E-state index contributed by atoms with van der Waals surface area (Å²) in [5, 5.41) is 3.49. The van der Waals surface area contributed by atoms with E-state index in [2.05, 4.69) is 57.2 Å². The Bertz CT molecular complexity index is 950. The third kappa shape index (κ3) is 2.92. The molecule has 3 heterocycles. The van der Waals surface area contributed by atoms with Crippen molar-refractivity contribution < 1.29 is 4.79 Å². The lowest BCUT2D eigenvalue weighted by atomic mass is 10.2. The van der Waals surface area contributed by atoms with Crippen LogP contribution in [0.5, 0.6) is 0 Å². The van der Waals surface area contributed by atoms with Gasteiger partial charge in [0, 0.05) is 18.3 Å². The number of anilines is 2. The summed E-state index contributed by atoms with van der Waals surface area (Å²) >= 11 is 1.32. The Balaban J connectivity index is 1.70. The molecule has 1 amide bonds. The van der Waals surface area contributed by atoms with Gasteiger partial charge in [-0.2, -0.15) is 0 Å². The number of aromatic nitrogens is 3. The Morgan fingerprint density at radius 2 is 2.08 bits per heavy atom. The van der Waals surface area contributed by atoms with Crippen LogP contribution in [0.3, 0.4) is 0 Å². The van der Waals surface area contributed by atoms with Gasteiger partial charge in [0.2, 0.25) is 0 Å². The maximum Gasteiger partial charge on any atom is 0.280 e. The number of hydrogen-bond donors (Lipinski definition) is 1. The molecule has 1 aliphatic rings. The minimum absolute atomic E-state index is 0.130. The molecular formula is C19H21N5OS. The van der Waals surface area contributed by atoms with Crippen LogP contribution >= 0.6 is 11.3 Å². The summed E-state index contributed by atoms with van der Waals surface area (Å²) in [5.74, 6) is 0.646. The van der Waals surface area contributed by atoms with Crippen molar-refractivity contribution in [3.8, 4) is 0 Å². The highest BCUT2D eigenvalue weighted by Gasteiger charge is 2.25. The van der Waals surface area contributed by atoms with Gasteiger partial charge in [-0.25, -0.2) is 15.0 Å². The normalized spacial score (nSPS) is 13.4. The van der Waals surface area contributed by atoms with Gasteiger partial charge in [-0.1, -0.05) is 43.4 Å². The standard InChI is InChI=1S/C19H21N5OS/c1-3-13(4-2)22-17(25)19-23-15-16(20-11-21-18(15)26-19)24-10-9-12-7-5-6-8-14(12)24/h5-8,11,13H,3-4,9-10H2,1-2H3,(H,22,25). The molecule has 0 aliphatic carbocycles. The number of amides is 1. The zero-order chi connectivity index (χ0) is 18.1. The van der Waals surface area contributed by atoms with Gasteiger partial charge >= 0.3 is 0 Å². The van der Waals surface area contributed by atoms with Gasteiger partial charge in [0.05, 0.1) is 0 Å². The van der Waals surface area contributed by atoms with Crippen LogP contribution in [-0.4, -0.2) is 33.4 Å². The zero-order valence-electron chi connectivity index (χ0n) is 14.9. The first kappa shape index (κ1) is 16.9. The molecule has 0 saturated carbocycles. The van der Waals surface area contributed by atoms with Crippen molar-refractivity contribution in [2.45, 2.75) is 39.2 Å². The molecule has 26 heavy (non-hydrogen) atoms. The number of carbonyl (C=O) groups is 1. The SMILES string of the molecule is CCC(CC)NC(=O)c1nc2c(N3CCc4ccccc43)ncnc2s1. The third-order valence-electron chi connectivity index (χ3n) is 4.83. The Morgan fingerprint density at radius 3 is 2.88 bits per heavy atom. The lowest BCUT2D eigenvalue weighted by Gasteiger charge is -2.18. The number of nitrogens with one attached hydrogen (secondary N) is 1. The summed E-state index contributed by atoms with van der Waals surface area (Å²) in [7, 11) is 0.